The fourth-order valence-electron chi connectivity index (χ4n) is 2.12. The Labute approximate surface area is 125 Å². The summed E-state index contributed by atoms with van der Waals surface area (Å²) in [5.41, 5.74) is 0.513. The van der Waals surface area contributed by atoms with E-state index < -0.39 is 5.91 Å². The van der Waals surface area contributed by atoms with Gasteiger partial charge in [-0.2, -0.15) is 0 Å². The van der Waals surface area contributed by atoms with E-state index in [1.165, 1.54) is 6.26 Å². The molecular formula is C14H13N3O5. The number of hydrogen-bond donors (Lipinski definition) is 1. The molecule has 0 spiro atoms. The standard InChI is InChI=1S/C14H13N3O5/c18-12(8-17-13(19)3-4-14(17)20)15-7-9-6-11(22-16-9)10-2-1-5-21-10/h1-2,5-6H,3-4,7-8H2,(H,15,18). The predicted molar refractivity (Wildman–Crippen MR) is 72.0 cm³/mol. The minimum absolute atomic E-state index is 0.138. The predicted octanol–water partition coefficient (Wildman–Crippen LogP) is 0.700. The molecule has 1 aliphatic rings. The molecule has 0 aromatic carbocycles. The van der Waals surface area contributed by atoms with Crippen LogP contribution in [-0.2, 0) is 20.9 Å². The van der Waals surface area contributed by atoms with Gasteiger partial charge in [0.25, 0.3) is 0 Å². The van der Waals surface area contributed by atoms with E-state index in [9.17, 15) is 14.4 Å². The van der Waals surface area contributed by atoms with Crippen LogP contribution in [0.25, 0.3) is 11.5 Å². The van der Waals surface area contributed by atoms with Crippen molar-refractivity contribution in [3.63, 3.8) is 0 Å². The topological polar surface area (TPSA) is 106 Å². The first-order valence-corrected chi connectivity index (χ1v) is 6.73. The highest BCUT2D eigenvalue weighted by molar-refractivity contribution is 6.04. The number of carbonyl (C=O) groups excluding carboxylic acids is 3. The third-order valence-electron chi connectivity index (χ3n) is 3.25. The van der Waals surface area contributed by atoms with Gasteiger partial charge in [-0.3, -0.25) is 19.3 Å². The number of hydrogen-bond acceptors (Lipinski definition) is 6. The highest BCUT2D eigenvalue weighted by atomic mass is 16.5. The van der Waals surface area contributed by atoms with E-state index in [2.05, 4.69) is 10.5 Å². The Morgan fingerprint density at radius 3 is 2.73 bits per heavy atom. The van der Waals surface area contributed by atoms with Crippen LogP contribution in [0, 0.1) is 0 Å². The summed E-state index contributed by atoms with van der Waals surface area (Å²) in [7, 11) is 0. The van der Waals surface area contributed by atoms with Crippen LogP contribution in [0.5, 0.6) is 0 Å². The molecule has 3 amide bonds. The molecule has 0 unspecified atom stereocenters. The van der Waals surface area contributed by atoms with Gasteiger partial charge < -0.3 is 14.3 Å². The summed E-state index contributed by atoms with van der Waals surface area (Å²) in [4.78, 5) is 35.6. The summed E-state index contributed by atoms with van der Waals surface area (Å²) in [5.74, 6) is -0.0629. The number of nitrogens with zero attached hydrogens (tertiary/aromatic N) is 2. The number of carbonyl (C=O) groups is 3. The second-order valence-electron chi connectivity index (χ2n) is 4.81. The average Bonchev–Trinajstić information content (AvgIpc) is 3.22. The molecule has 22 heavy (non-hydrogen) atoms. The van der Waals surface area contributed by atoms with E-state index in [1.54, 1.807) is 18.2 Å². The van der Waals surface area contributed by atoms with Crippen LogP contribution in [0.3, 0.4) is 0 Å². The van der Waals surface area contributed by atoms with Gasteiger partial charge in [0.2, 0.25) is 23.5 Å². The van der Waals surface area contributed by atoms with Gasteiger partial charge >= 0.3 is 0 Å². The maximum atomic E-state index is 11.8. The summed E-state index contributed by atoms with van der Waals surface area (Å²) in [5, 5.41) is 6.40. The van der Waals surface area contributed by atoms with Gasteiger partial charge in [-0.25, -0.2) is 0 Å². The lowest BCUT2D eigenvalue weighted by molar-refractivity contribution is -0.142. The normalized spacial score (nSPS) is 14.6. The van der Waals surface area contributed by atoms with Gasteiger partial charge in [0.15, 0.2) is 5.76 Å². The molecule has 0 bridgehead atoms. The average molecular weight is 303 g/mol. The second-order valence-corrected chi connectivity index (χ2v) is 4.81. The molecule has 3 rings (SSSR count). The van der Waals surface area contributed by atoms with Crippen molar-refractivity contribution in [3.8, 4) is 11.5 Å². The molecule has 1 aliphatic heterocycles. The highest BCUT2D eigenvalue weighted by Crippen LogP contribution is 2.20. The van der Waals surface area contributed by atoms with Crippen LogP contribution in [0.1, 0.15) is 18.5 Å². The van der Waals surface area contributed by atoms with Crippen LogP contribution in [0.15, 0.2) is 33.4 Å². The van der Waals surface area contributed by atoms with Gasteiger partial charge in [0.05, 0.1) is 12.8 Å². The quantitative estimate of drug-likeness (QED) is 0.815. The first kappa shape index (κ1) is 14.1. The molecule has 1 N–H and O–H groups in total. The Bertz CT molecular complexity index is 688. The third kappa shape index (κ3) is 2.90. The lowest BCUT2D eigenvalue weighted by Gasteiger charge is -2.12. The molecule has 0 saturated carbocycles. The number of furan rings is 1. The van der Waals surface area contributed by atoms with Crippen LogP contribution < -0.4 is 5.32 Å². The van der Waals surface area contributed by atoms with Crippen LogP contribution >= 0.6 is 0 Å². The van der Waals surface area contributed by atoms with E-state index in [-0.39, 0.29) is 37.7 Å². The molecule has 0 aliphatic carbocycles. The lowest BCUT2D eigenvalue weighted by Crippen LogP contribution is -2.39. The summed E-state index contributed by atoms with van der Waals surface area (Å²) in [6, 6.07) is 5.10. The van der Waals surface area contributed by atoms with E-state index in [0.29, 0.717) is 17.2 Å². The third-order valence-corrected chi connectivity index (χ3v) is 3.25. The van der Waals surface area contributed by atoms with Crippen molar-refractivity contribution in [3.05, 3.63) is 30.2 Å². The summed E-state index contributed by atoms with van der Waals surface area (Å²) >= 11 is 0. The Kier molecular flexibility index (Phi) is 3.73. The number of nitrogens with one attached hydrogen (secondary N) is 1. The zero-order valence-corrected chi connectivity index (χ0v) is 11.6. The van der Waals surface area contributed by atoms with Crippen molar-refractivity contribution in [2.45, 2.75) is 19.4 Å². The smallest absolute Gasteiger partial charge is 0.240 e. The van der Waals surface area contributed by atoms with Gasteiger partial charge in [0.1, 0.15) is 12.2 Å². The van der Waals surface area contributed by atoms with Crippen LogP contribution in [0.2, 0.25) is 0 Å². The van der Waals surface area contributed by atoms with E-state index in [1.807, 2.05) is 0 Å². The van der Waals surface area contributed by atoms with E-state index in [4.69, 9.17) is 8.94 Å². The van der Waals surface area contributed by atoms with Gasteiger partial charge in [-0.05, 0) is 12.1 Å². The van der Waals surface area contributed by atoms with Crippen LogP contribution in [0.4, 0.5) is 0 Å². The Balaban J connectivity index is 1.53. The van der Waals surface area contributed by atoms with Crippen molar-refractivity contribution >= 4 is 17.7 Å². The van der Waals surface area contributed by atoms with Gasteiger partial charge in [0, 0.05) is 18.9 Å². The molecule has 1 saturated heterocycles. The fraction of sp³-hybridized carbons (Fsp3) is 0.286. The van der Waals surface area contributed by atoms with Crippen molar-refractivity contribution < 1.29 is 23.3 Å². The molecule has 3 heterocycles. The van der Waals surface area contributed by atoms with E-state index in [0.717, 1.165) is 4.90 Å². The molecule has 0 radical (unpaired) electrons. The maximum Gasteiger partial charge on any atom is 0.240 e. The Morgan fingerprint density at radius 1 is 1.27 bits per heavy atom. The van der Waals surface area contributed by atoms with Crippen molar-refractivity contribution in [1.82, 2.24) is 15.4 Å². The molecule has 2 aromatic heterocycles. The minimum Gasteiger partial charge on any atom is -0.461 e. The molecule has 8 heteroatoms. The molecule has 8 nitrogen and oxygen atoms in total. The van der Waals surface area contributed by atoms with Crippen molar-refractivity contribution in [1.29, 1.82) is 0 Å². The van der Waals surface area contributed by atoms with Gasteiger partial charge in [-0.1, -0.05) is 5.16 Å². The van der Waals surface area contributed by atoms with Crippen molar-refractivity contribution in [2.75, 3.05) is 6.54 Å². The summed E-state index contributed by atoms with van der Waals surface area (Å²) in [6.45, 7) is -0.125. The molecule has 0 atom stereocenters. The largest absolute Gasteiger partial charge is 0.461 e. The van der Waals surface area contributed by atoms with Gasteiger partial charge in [-0.15, -0.1) is 0 Å². The van der Waals surface area contributed by atoms with Crippen LogP contribution in [-0.4, -0.2) is 34.3 Å². The SMILES string of the molecule is O=C(CN1C(=O)CCC1=O)NCc1cc(-c2ccco2)on1. The second kappa shape index (κ2) is 5.84. The molecule has 2 aromatic rings. The van der Waals surface area contributed by atoms with E-state index >= 15 is 0 Å². The monoisotopic (exact) mass is 303 g/mol. The lowest BCUT2D eigenvalue weighted by atomic mass is 10.3. The zero-order valence-electron chi connectivity index (χ0n) is 11.6. The molecular weight excluding hydrogens is 290 g/mol. The summed E-state index contributed by atoms with van der Waals surface area (Å²) in [6.07, 6.45) is 1.85. The Morgan fingerprint density at radius 2 is 2.05 bits per heavy atom. The number of imide groups is 1. The first-order valence-electron chi connectivity index (χ1n) is 6.73. The fourth-order valence-corrected chi connectivity index (χ4v) is 2.12. The molecule has 114 valence electrons. The Hall–Kier alpha value is -2.90. The maximum absolute atomic E-state index is 11.8. The number of amides is 3. The summed E-state index contributed by atoms with van der Waals surface area (Å²) < 4.78 is 10.3. The molecule has 1 fully saturated rings. The number of likely N-dealkylation sites (tertiary alicyclic amines) is 1. The number of aromatic nitrogens is 1. The minimum atomic E-state index is -0.425. The highest BCUT2D eigenvalue weighted by Gasteiger charge is 2.30. The number of rotatable bonds is 5. The zero-order chi connectivity index (χ0) is 15.5. The first-order chi connectivity index (χ1) is 10.6. The van der Waals surface area contributed by atoms with Crippen molar-refractivity contribution in [2.24, 2.45) is 0 Å².